The fourth-order valence-electron chi connectivity index (χ4n) is 3.77. The molecule has 1 atom stereocenters. The van der Waals surface area contributed by atoms with Gasteiger partial charge in [0.05, 0.1) is 30.4 Å². The molecule has 1 unspecified atom stereocenters. The minimum Gasteiger partial charge on any atom is -0.332 e. The lowest BCUT2D eigenvalue weighted by Gasteiger charge is -2.32. The fourth-order valence-corrected chi connectivity index (χ4v) is 3.90. The lowest BCUT2D eigenvalue weighted by atomic mass is 10.1. The highest BCUT2D eigenvalue weighted by atomic mass is 35.5. The van der Waals surface area contributed by atoms with Crippen LogP contribution in [0.25, 0.3) is 0 Å². The van der Waals surface area contributed by atoms with Gasteiger partial charge in [0, 0.05) is 11.6 Å². The molecule has 2 aromatic carbocycles. The van der Waals surface area contributed by atoms with Gasteiger partial charge in [0.1, 0.15) is 5.84 Å². The molecule has 0 saturated carbocycles. The molecule has 170 valence electrons. The second-order valence-corrected chi connectivity index (χ2v) is 8.24. The van der Waals surface area contributed by atoms with Crippen molar-refractivity contribution in [1.82, 2.24) is 9.80 Å². The Balaban J connectivity index is 1.71. The summed E-state index contributed by atoms with van der Waals surface area (Å²) in [6.45, 7) is 2.37. The van der Waals surface area contributed by atoms with Crippen molar-refractivity contribution in [2.75, 3.05) is 6.54 Å². The number of halogens is 4. The molecule has 5 nitrogen and oxygen atoms in total. The number of likely N-dealkylation sites (tertiary alicyclic amines) is 1. The first kappa shape index (κ1) is 23.8. The van der Waals surface area contributed by atoms with Gasteiger partial charge in [0.2, 0.25) is 5.91 Å². The van der Waals surface area contributed by atoms with Crippen molar-refractivity contribution in [3.05, 3.63) is 70.2 Å². The van der Waals surface area contributed by atoms with E-state index < -0.39 is 17.8 Å². The Morgan fingerprint density at radius 3 is 2.25 bits per heavy atom. The predicted molar refractivity (Wildman–Crippen MR) is 118 cm³/mol. The van der Waals surface area contributed by atoms with Gasteiger partial charge in [-0.3, -0.25) is 15.6 Å². The zero-order valence-corrected chi connectivity index (χ0v) is 18.3. The van der Waals surface area contributed by atoms with E-state index in [4.69, 9.17) is 22.4 Å². The van der Waals surface area contributed by atoms with Gasteiger partial charge < -0.3 is 9.80 Å². The third kappa shape index (κ3) is 5.68. The molecule has 1 aliphatic heterocycles. The van der Waals surface area contributed by atoms with Crippen LogP contribution in [0.2, 0.25) is 5.02 Å². The molecule has 0 radical (unpaired) electrons. The first-order valence-corrected chi connectivity index (χ1v) is 10.5. The van der Waals surface area contributed by atoms with Gasteiger partial charge >= 0.3 is 6.18 Å². The Labute approximate surface area is 189 Å². The van der Waals surface area contributed by atoms with Crippen molar-refractivity contribution >= 4 is 29.2 Å². The van der Waals surface area contributed by atoms with Crippen molar-refractivity contribution in [2.24, 2.45) is 0 Å². The van der Waals surface area contributed by atoms with E-state index >= 15 is 0 Å². The van der Waals surface area contributed by atoms with Crippen LogP contribution >= 0.6 is 11.6 Å². The van der Waals surface area contributed by atoms with E-state index in [9.17, 15) is 18.0 Å². The lowest BCUT2D eigenvalue weighted by Crippen LogP contribution is -2.48. The number of carbonyl (C=O) groups is 1. The van der Waals surface area contributed by atoms with Gasteiger partial charge in [-0.2, -0.15) is 13.2 Å². The van der Waals surface area contributed by atoms with E-state index in [1.807, 2.05) is 12.1 Å². The summed E-state index contributed by atoms with van der Waals surface area (Å²) in [4.78, 5) is 16.1. The van der Waals surface area contributed by atoms with Crippen LogP contribution in [0.4, 0.5) is 13.2 Å². The molecular formula is C23H24ClF3N4O. The molecule has 32 heavy (non-hydrogen) atoms. The minimum absolute atomic E-state index is 0.0390. The van der Waals surface area contributed by atoms with E-state index in [0.29, 0.717) is 30.1 Å². The molecule has 0 bridgehead atoms. The second kappa shape index (κ2) is 9.73. The Bertz CT molecular complexity index is 990. The van der Waals surface area contributed by atoms with E-state index in [0.717, 1.165) is 24.1 Å². The molecule has 1 fully saturated rings. The first-order chi connectivity index (χ1) is 15.1. The van der Waals surface area contributed by atoms with Gasteiger partial charge in [-0.15, -0.1) is 0 Å². The zero-order valence-electron chi connectivity index (χ0n) is 17.5. The van der Waals surface area contributed by atoms with Gasteiger partial charge in [-0.05, 0) is 55.2 Å². The molecule has 2 N–H and O–H groups in total. The Morgan fingerprint density at radius 2 is 1.69 bits per heavy atom. The molecule has 2 aromatic rings. The van der Waals surface area contributed by atoms with Crippen LogP contribution in [0.3, 0.4) is 0 Å². The van der Waals surface area contributed by atoms with Crippen LogP contribution in [-0.4, -0.2) is 40.0 Å². The standard InChI is InChI=1S/C23H24ClF3N4O/c1-15(28)31(14-17-6-10-19(24)11-7-17)22(29)20-3-2-12-30(20)21(32)13-16-4-8-18(9-5-16)23(25,26)27/h4-11,20,28-29H,2-3,12-14H2,1H3. The number of nitrogens with one attached hydrogen (secondary N) is 2. The van der Waals surface area contributed by atoms with Crippen molar-refractivity contribution in [3.63, 3.8) is 0 Å². The third-order valence-electron chi connectivity index (χ3n) is 5.48. The summed E-state index contributed by atoms with van der Waals surface area (Å²) in [5.41, 5.74) is 0.613. The molecule has 0 aliphatic carbocycles. The number of rotatable bonds is 5. The second-order valence-electron chi connectivity index (χ2n) is 7.80. The summed E-state index contributed by atoms with van der Waals surface area (Å²) in [7, 11) is 0. The minimum atomic E-state index is -4.42. The van der Waals surface area contributed by atoms with E-state index in [2.05, 4.69) is 0 Å². The largest absolute Gasteiger partial charge is 0.416 e. The average Bonchev–Trinajstić information content (AvgIpc) is 3.22. The maximum absolute atomic E-state index is 12.9. The number of hydrogen-bond acceptors (Lipinski definition) is 3. The van der Waals surface area contributed by atoms with Crippen molar-refractivity contribution in [3.8, 4) is 0 Å². The molecule has 0 spiro atoms. The van der Waals surface area contributed by atoms with E-state index in [-0.39, 0.29) is 24.0 Å². The number of nitrogens with zero attached hydrogens (tertiary/aromatic N) is 2. The number of amidine groups is 2. The number of alkyl halides is 3. The van der Waals surface area contributed by atoms with Gasteiger partial charge in [0.15, 0.2) is 0 Å². The first-order valence-electron chi connectivity index (χ1n) is 10.2. The van der Waals surface area contributed by atoms with Crippen molar-refractivity contribution in [2.45, 2.75) is 44.9 Å². The van der Waals surface area contributed by atoms with Crippen molar-refractivity contribution in [1.29, 1.82) is 10.8 Å². The molecule has 1 saturated heterocycles. The molecule has 0 aromatic heterocycles. The number of benzene rings is 2. The van der Waals surface area contributed by atoms with Crippen molar-refractivity contribution < 1.29 is 18.0 Å². The summed E-state index contributed by atoms with van der Waals surface area (Å²) in [5.74, 6) is 0.101. The molecule has 1 heterocycles. The van der Waals surface area contributed by atoms with E-state index in [1.165, 1.54) is 12.1 Å². The van der Waals surface area contributed by atoms with Gasteiger partial charge in [-0.1, -0.05) is 35.9 Å². The highest BCUT2D eigenvalue weighted by Crippen LogP contribution is 2.29. The quantitative estimate of drug-likeness (QED) is 0.461. The predicted octanol–water partition coefficient (Wildman–Crippen LogP) is 5.37. The Hall–Kier alpha value is -2.87. The van der Waals surface area contributed by atoms with E-state index in [1.54, 1.807) is 28.9 Å². The summed E-state index contributed by atoms with van der Waals surface area (Å²) in [6.07, 6.45) is -3.14. The Morgan fingerprint density at radius 1 is 1.09 bits per heavy atom. The summed E-state index contributed by atoms with van der Waals surface area (Å²) < 4.78 is 38.3. The monoisotopic (exact) mass is 464 g/mol. The van der Waals surface area contributed by atoms with Crippen LogP contribution in [0.1, 0.15) is 36.5 Å². The topological polar surface area (TPSA) is 71.2 Å². The maximum atomic E-state index is 12.9. The third-order valence-corrected chi connectivity index (χ3v) is 5.73. The summed E-state index contributed by atoms with van der Waals surface area (Å²) in [5, 5.41) is 17.4. The normalized spacial score (nSPS) is 16.2. The van der Waals surface area contributed by atoms with Crippen LogP contribution in [0.5, 0.6) is 0 Å². The number of amides is 1. The average molecular weight is 465 g/mol. The molecule has 9 heteroatoms. The summed E-state index contributed by atoms with van der Waals surface area (Å²) >= 11 is 5.93. The zero-order chi connectivity index (χ0) is 23.5. The number of hydrogen-bond donors (Lipinski definition) is 2. The smallest absolute Gasteiger partial charge is 0.332 e. The van der Waals surface area contributed by atoms with Gasteiger partial charge in [0.25, 0.3) is 0 Å². The van der Waals surface area contributed by atoms with Gasteiger partial charge in [-0.25, -0.2) is 0 Å². The summed E-state index contributed by atoms with van der Waals surface area (Å²) in [6, 6.07) is 11.2. The van der Waals surface area contributed by atoms with Crippen LogP contribution in [-0.2, 0) is 23.9 Å². The van der Waals surface area contributed by atoms with Crippen LogP contribution in [0.15, 0.2) is 48.5 Å². The Kier molecular flexibility index (Phi) is 7.23. The SMILES string of the molecule is CC(=N)N(Cc1ccc(Cl)cc1)C(=N)C1CCCN1C(=O)Cc1ccc(C(F)(F)F)cc1. The number of carbonyl (C=O) groups excluding carboxylic acids is 1. The molecule has 3 rings (SSSR count). The molecular weight excluding hydrogens is 441 g/mol. The fraction of sp³-hybridized carbons (Fsp3) is 0.348. The van der Waals surface area contributed by atoms with Crippen LogP contribution < -0.4 is 0 Å². The highest BCUT2D eigenvalue weighted by molar-refractivity contribution is 6.30. The lowest BCUT2D eigenvalue weighted by molar-refractivity contribution is -0.137. The maximum Gasteiger partial charge on any atom is 0.416 e. The highest BCUT2D eigenvalue weighted by Gasteiger charge is 2.35. The molecule has 1 aliphatic rings. The van der Waals surface area contributed by atoms with Crippen LogP contribution in [0, 0.1) is 10.8 Å². The molecule has 1 amide bonds.